The lowest BCUT2D eigenvalue weighted by Gasteiger charge is -2.26. The van der Waals surface area contributed by atoms with E-state index in [-0.39, 0.29) is 11.7 Å². The predicted molar refractivity (Wildman–Crippen MR) is 85.5 cm³/mol. The molecule has 0 saturated carbocycles. The van der Waals surface area contributed by atoms with Gasteiger partial charge in [-0.15, -0.1) is 0 Å². The summed E-state index contributed by atoms with van der Waals surface area (Å²) in [5, 5.41) is 0. The summed E-state index contributed by atoms with van der Waals surface area (Å²) in [4.78, 5) is 14.1. The minimum absolute atomic E-state index is 0.0198. The number of hydrogen-bond acceptors (Lipinski definition) is 2. The van der Waals surface area contributed by atoms with Gasteiger partial charge in [0, 0.05) is 29.8 Å². The number of benzene rings is 2. The molecule has 0 bridgehead atoms. The molecule has 0 aromatic heterocycles. The van der Waals surface area contributed by atoms with Crippen molar-refractivity contribution in [3.05, 3.63) is 71.0 Å². The topological polar surface area (TPSA) is 29.5 Å². The number of carbonyl (C=O) groups is 1. The minimum atomic E-state index is -0.276. The molecule has 0 aliphatic carbocycles. The third-order valence-corrected chi connectivity index (χ3v) is 3.63. The molecule has 1 aliphatic rings. The molecule has 1 fully saturated rings. The third-order valence-electron chi connectivity index (χ3n) is 3.63. The number of nitrogens with zero attached hydrogens (tertiary/aromatic N) is 1. The fraction of sp³-hybridized carbons (Fsp3) is 0.211. The normalized spacial score (nSPS) is 14.0. The lowest BCUT2D eigenvalue weighted by molar-refractivity contribution is 0.0303. The van der Waals surface area contributed by atoms with E-state index in [1.807, 2.05) is 12.1 Å². The predicted octanol–water partition coefficient (Wildman–Crippen LogP) is 2.70. The van der Waals surface area contributed by atoms with Crippen molar-refractivity contribution in [1.82, 2.24) is 4.90 Å². The molecule has 0 atom stereocenters. The number of hydrogen-bond donors (Lipinski definition) is 0. The van der Waals surface area contributed by atoms with Gasteiger partial charge in [-0.25, -0.2) is 4.39 Å². The number of halogens is 1. The number of ether oxygens (including phenoxy) is 1. The van der Waals surface area contributed by atoms with Crippen LogP contribution in [0.2, 0.25) is 0 Å². The first-order chi connectivity index (χ1) is 11.2. The van der Waals surface area contributed by atoms with Crippen molar-refractivity contribution >= 4 is 5.91 Å². The average Bonchev–Trinajstić information content (AvgIpc) is 2.62. The van der Waals surface area contributed by atoms with Gasteiger partial charge < -0.3 is 9.64 Å². The molecule has 3 rings (SSSR count). The molecule has 1 amide bonds. The summed E-state index contributed by atoms with van der Waals surface area (Å²) in [6, 6.07) is 13.3. The van der Waals surface area contributed by atoms with E-state index in [0.717, 1.165) is 11.1 Å². The molecule has 4 heteroatoms. The van der Waals surface area contributed by atoms with Crippen molar-refractivity contribution in [3.63, 3.8) is 0 Å². The molecule has 1 heterocycles. The van der Waals surface area contributed by atoms with E-state index < -0.39 is 0 Å². The molecule has 0 spiro atoms. The first-order valence-electron chi connectivity index (χ1n) is 7.47. The largest absolute Gasteiger partial charge is 0.378 e. The van der Waals surface area contributed by atoms with Crippen molar-refractivity contribution in [2.45, 2.75) is 0 Å². The molecule has 3 nitrogen and oxygen atoms in total. The third kappa shape index (κ3) is 3.97. The van der Waals surface area contributed by atoms with Crippen LogP contribution >= 0.6 is 0 Å². The highest BCUT2D eigenvalue weighted by Crippen LogP contribution is 2.09. The highest BCUT2D eigenvalue weighted by Gasteiger charge is 2.17. The van der Waals surface area contributed by atoms with Gasteiger partial charge in [0.25, 0.3) is 5.91 Å². The van der Waals surface area contributed by atoms with Crippen molar-refractivity contribution in [1.29, 1.82) is 0 Å². The molecule has 23 heavy (non-hydrogen) atoms. The Kier molecular flexibility index (Phi) is 4.70. The van der Waals surface area contributed by atoms with E-state index in [1.165, 1.54) is 12.1 Å². The van der Waals surface area contributed by atoms with Crippen molar-refractivity contribution in [2.75, 3.05) is 26.3 Å². The van der Waals surface area contributed by atoms with Gasteiger partial charge in [0.15, 0.2) is 0 Å². The Labute approximate surface area is 134 Å². The second-order valence-corrected chi connectivity index (χ2v) is 5.24. The molecule has 0 unspecified atom stereocenters. The summed E-state index contributed by atoms with van der Waals surface area (Å²) in [6.07, 6.45) is 0. The van der Waals surface area contributed by atoms with Crippen molar-refractivity contribution in [2.24, 2.45) is 0 Å². The summed E-state index contributed by atoms with van der Waals surface area (Å²) in [6.45, 7) is 2.44. The Hall–Kier alpha value is -2.64. The van der Waals surface area contributed by atoms with Gasteiger partial charge in [-0.3, -0.25) is 4.79 Å². The van der Waals surface area contributed by atoms with Crippen LogP contribution < -0.4 is 0 Å². The second-order valence-electron chi connectivity index (χ2n) is 5.24. The van der Waals surface area contributed by atoms with Crippen LogP contribution in [0.4, 0.5) is 4.39 Å². The van der Waals surface area contributed by atoms with E-state index in [2.05, 4.69) is 11.8 Å². The first kappa shape index (κ1) is 15.3. The minimum Gasteiger partial charge on any atom is -0.378 e. The van der Waals surface area contributed by atoms with Crippen LogP contribution in [0.5, 0.6) is 0 Å². The molecule has 116 valence electrons. The lowest BCUT2D eigenvalue weighted by Crippen LogP contribution is -2.40. The van der Waals surface area contributed by atoms with E-state index in [4.69, 9.17) is 4.74 Å². The molecule has 2 aromatic carbocycles. The summed E-state index contributed by atoms with van der Waals surface area (Å²) < 4.78 is 18.1. The van der Waals surface area contributed by atoms with Crippen molar-refractivity contribution < 1.29 is 13.9 Å². The number of rotatable bonds is 1. The number of morpholine rings is 1. The standard InChI is InChI=1S/C19H16FNO2/c20-18-9-5-16(6-10-18)2-1-15-3-7-17(8-4-15)19(22)21-11-13-23-14-12-21/h3-10H,11-14H2. The smallest absolute Gasteiger partial charge is 0.254 e. The SMILES string of the molecule is O=C(c1ccc(C#Cc2ccc(F)cc2)cc1)N1CCOCC1. The van der Waals surface area contributed by atoms with Gasteiger partial charge in [-0.2, -0.15) is 0 Å². The van der Waals surface area contributed by atoms with Gasteiger partial charge in [0.2, 0.25) is 0 Å². The van der Waals surface area contributed by atoms with E-state index in [0.29, 0.717) is 31.9 Å². The van der Waals surface area contributed by atoms with Gasteiger partial charge in [-0.1, -0.05) is 11.8 Å². The van der Waals surface area contributed by atoms with Crippen LogP contribution in [-0.2, 0) is 4.74 Å². The van der Waals surface area contributed by atoms with Crippen LogP contribution in [0.25, 0.3) is 0 Å². The Bertz CT molecular complexity index is 736. The van der Waals surface area contributed by atoms with Gasteiger partial charge in [0.05, 0.1) is 13.2 Å². The van der Waals surface area contributed by atoms with Crippen molar-refractivity contribution in [3.8, 4) is 11.8 Å². The molecule has 1 aliphatic heterocycles. The van der Waals surface area contributed by atoms with Gasteiger partial charge >= 0.3 is 0 Å². The molecule has 2 aromatic rings. The van der Waals surface area contributed by atoms with Crippen LogP contribution in [0.1, 0.15) is 21.5 Å². The van der Waals surface area contributed by atoms with Crippen LogP contribution in [-0.4, -0.2) is 37.1 Å². The fourth-order valence-corrected chi connectivity index (χ4v) is 2.32. The molecule has 0 N–H and O–H groups in total. The number of carbonyl (C=O) groups excluding carboxylic acids is 1. The summed E-state index contributed by atoms with van der Waals surface area (Å²) in [5.41, 5.74) is 2.21. The Morgan fingerprint density at radius 3 is 2.00 bits per heavy atom. The first-order valence-corrected chi connectivity index (χ1v) is 7.47. The maximum absolute atomic E-state index is 12.8. The Balaban J connectivity index is 1.69. The zero-order valence-corrected chi connectivity index (χ0v) is 12.6. The van der Waals surface area contributed by atoms with Crippen LogP contribution in [0, 0.1) is 17.7 Å². The quantitative estimate of drug-likeness (QED) is 0.758. The maximum Gasteiger partial charge on any atom is 0.254 e. The zero-order chi connectivity index (χ0) is 16.1. The van der Waals surface area contributed by atoms with Gasteiger partial charge in [0.1, 0.15) is 5.82 Å². The summed E-state index contributed by atoms with van der Waals surface area (Å²) in [5.74, 6) is 5.72. The summed E-state index contributed by atoms with van der Waals surface area (Å²) >= 11 is 0. The molecular formula is C19H16FNO2. The molecule has 1 saturated heterocycles. The second kappa shape index (κ2) is 7.08. The van der Waals surface area contributed by atoms with Crippen LogP contribution in [0.3, 0.4) is 0 Å². The number of amides is 1. The Morgan fingerprint density at radius 1 is 0.913 bits per heavy atom. The van der Waals surface area contributed by atoms with E-state index in [1.54, 1.807) is 29.2 Å². The molecule has 0 radical (unpaired) electrons. The summed E-state index contributed by atoms with van der Waals surface area (Å²) in [7, 11) is 0. The average molecular weight is 309 g/mol. The van der Waals surface area contributed by atoms with E-state index >= 15 is 0 Å². The highest BCUT2D eigenvalue weighted by atomic mass is 19.1. The fourth-order valence-electron chi connectivity index (χ4n) is 2.32. The highest BCUT2D eigenvalue weighted by molar-refractivity contribution is 5.94. The zero-order valence-electron chi connectivity index (χ0n) is 12.6. The van der Waals surface area contributed by atoms with E-state index in [9.17, 15) is 9.18 Å². The maximum atomic E-state index is 12.8. The Morgan fingerprint density at radius 2 is 1.43 bits per heavy atom. The lowest BCUT2D eigenvalue weighted by atomic mass is 10.1. The van der Waals surface area contributed by atoms with Crippen LogP contribution in [0.15, 0.2) is 48.5 Å². The van der Waals surface area contributed by atoms with Gasteiger partial charge in [-0.05, 0) is 48.5 Å². The monoisotopic (exact) mass is 309 g/mol. The molecular weight excluding hydrogens is 293 g/mol.